The van der Waals surface area contributed by atoms with Crippen molar-refractivity contribution in [2.75, 3.05) is 11.9 Å². The van der Waals surface area contributed by atoms with Gasteiger partial charge in [0.15, 0.2) is 12.3 Å². The number of amides is 1. The summed E-state index contributed by atoms with van der Waals surface area (Å²) in [6.45, 7) is -0.0443. The van der Waals surface area contributed by atoms with E-state index in [9.17, 15) is 9.59 Å². The minimum absolute atomic E-state index is 0.286. The maximum absolute atomic E-state index is 12.2. The number of carbonyl (C=O) groups is 2. The number of hydrogen-bond acceptors (Lipinski definition) is 6. The first-order valence-corrected chi connectivity index (χ1v) is 8.99. The van der Waals surface area contributed by atoms with Crippen LogP contribution in [0.2, 0.25) is 5.02 Å². The number of pyridine rings is 1. The standard InChI is InChI=1S/C19H15ClN6O3/c20-15-4-2-1-3-13(15)10-26-16(7-8-22-26)23-18(27)11-29-19(28)14-5-6-17-24-21-12-25(17)9-14/h1-9,12H,10-11H2,(H,23,27). The Kier molecular flexibility index (Phi) is 5.21. The number of aromatic nitrogens is 5. The Hall–Kier alpha value is -3.72. The second kappa shape index (κ2) is 8.11. The normalized spacial score (nSPS) is 10.8. The van der Waals surface area contributed by atoms with Gasteiger partial charge in [0.2, 0.25) is 0 Å². The Bertz CT molecular complexity index is 1190. The molecule has 29 heavy (non-hydrogen) atoms. The lowest BCUT2D eigenvalue weighted by Crippen LogP contribution is -2.23. The van der Waals surface area contributed by atoms with E-state index in [4.69, 9.17) is 16.3 Å². The van der Waals surface area contributed by atoms with Gasteiger partial charge in [-0.3, -0.25) is 9.20 Å². The zero-order valence-corrected chi connectivity index (χ0v) is 15.8. The quantitative estimate of drug-likeness (QED) is 0.489. The van der Waals surface area contributed by atoms with E-state index in [1.807, 2.05) is 18.2 Å². The van der Waals surface area contributed by atoms with E-state index in [1.54, 1.807) is 39.5 Å². The fraction of sp³-hybridized carbons (Fsp3) is 0.105. The van der Waals surface area contributed by atoms with Crippen LogP contribution in [0, 0.1) is 0 Å². The molecule has 1 amide bonds. The van der Waals surface area contributed by atoms with Gasteiger partial charge in [0.25, 0.3) is 5.91 Å². The molecule has 0 saturated heterocycles. The Balaban J connectivity index is 1.36. The molecule has 0 atom stereocenters. The predicted molar refractivity (Wildman–Crippen MR) is 105 cm³/mol. The molecule has 0 unspecified atom stereocenters. The van der Waals surface area contributed by atoms with Crippen LogP contribution in [0.3, 0.4) is 0 Å². The van der Waals surface area contributed by atoms with Crippen LogP contribution >= 0.6 is 11.6 Å². The van der Waals surface area contributed by atoms with Gasteiger partial charge >= 0.3 is 5.97 Å². The van der Waals surface area contributed by atoms with Crippen LogP contribution in [-0.4, -0.2) is 42.9 Å². The number of halogens is 1. The third kappa shape index (κ3) is 4.25. The molecule has 0 aliphatic rings. The monoisotopic (exact) mass is 410 g/mol. The zero-order chi connectivity index (χ0) is 20.2. The summed E-state index contributed by atoms with van der Waals surface area (Å²) < 4.78 is 8.27. The molecule has 0 aliphatic heterocycles. The fourth-order valence-corrected chi connectivity index (χ4v) is 2.89. The summed E-state index contributed by atoms with van der Waals surface area (Å²) in [7, 11) is 0. The topological polar surface area (TPSA) is 103 Å². The molecule has 0 saturated carbocycles. The van der Waals surface area contributed by atoms with Crippen molar-refractivity contribution in [2.24, 2.45) is 0 Å². The van der Waals surface area contributed by atoms with Crippen molar-refractivity contribution in [3.63, 3.8) is 0 Å². The molecule has 3 heterocycles. The number of esters is 1. The van der Waals surface area contributed by atoms with Gasteiger partial charge in [0.05, 0.1) is 18.3 Å². The summed E-state index contributed by atoms with van der Waals surface area (Å²) >= 11 is 6.18. The van der Waals surface area contributed by atoms with Crippen LogP contribution < -0.4 is 5.32 Å². The first-order chi connectivity index (χ1) is 14.1. The van der Waals surface area contributed by atoms with Crippen LogP contribution in [0.15, 0.2) is 61.2 Å². The van der Waals surface area contributed by atoms with Crippen LogP contribution in [0.5, 0.6) is 0 Å². The molecule has 0 bridgehead atoms. The number of fused-ring (bicyclic) bond motifs is 1. The van der Waals surface area contributed by atoms with Crippen LogP contribution in [0.25, 0.3) is 5.65 Å². The molecule has 146 valence electrons. The average molecular weight is 411 g/mol. The van der Waals surface area contributed by atoms with E-state index in [1.165, 1.54) is 12.5 Å². The van der Waals surface area contributed by atoms with E-state index < -0.39 is 18.5 Å². The number of carbonyl (C=O) groups excluding carboxylic acids is 2. The first-order valence-electron chi connectivity index (χ1n) is 8.62. The van der Waals surface area contributed by atoms with Crippen molar-refractivity contribution in [3.8, 4) is 0 Å². The van der Waals surface area contributed by atoms with Gasteiger partial charge in [-0.05, 0) is 23.8 Å². The maximum Gasteiger partial charge on any atom is 0.340 e. The molecule has 0 aliphatic carbocycles. The minimum atomic E-state index is -0.625. The lowest BCUT2D eigenvalue weighted by atomic mass is 10.2. The van der Waals surface area contributed by atoms with Gasteiger partial charge in [-0.25, -0.2) is 9.48 Å². The summed E-state index contributed by atoms with van der Waals surface area (Å²) in [5, 5.41) is 15.1. The van der Waals surface area contributed by atoms with Crippen LogP contribution in [0.4, 0.5) is 5.82 Å². The Morgan fingerprint density at radius 1 is 1.14 bits per heavy atom. The number of hydrogen-bond donors (Lipinski definition) is 1. The lowest BCUT2D eigenvalue weighted by molar-refractivity contribution is -0.119. The number of nitrogens with one attached hydrogen (secondary N) is 1. The molecular weight excluding hydrogens is 396 g/mol. The SMILES string of the molecule is O=C(COC(=O)c1ccc2nncn2c1)Nc1ccnn1Cc1ccccc1Cl. The summed E-state index contributed by atoms with van der Waals surface area (Å²) in [5.74, 6) is -0.637. The first kappa shape index (κ1) is 18.6. The van der Waals surface area contributed by atoms with E-state index >= 15 is 0 Å². The smallest absolute Gasteiger partial charge is 0.340 e. The summed E-state index contributed by atoms with van der Waals surface area (Å²) in [6.07, 6.45) is 4.57. The van der Waals surface area contributed by atoms with Crippen LogP contribution in [-0.2, 0) is 16.1 Å². The Morgan fingerprint density at radius 2 is 2.00 bits per heavy atom. The van der Waals surface area contributed by atoms with Crippen molar-refractivity contribution in [1.29, 1.82) is 0 Å². The number of anilines is 1. The molecule has 3 aromatic heterocycles. The highest BCUT2D eigenvalue weighted by Gasteiger charge is 2.13. The van der Waals surface area contributed by atoms with Gasteiger partial charge in [0.1, 0.15) is 12.1 Å². The van der Waals surface area contributed by atoms with Crippen molar-refractivity contribution in [2.45, 2.75) is 6.54 Å². The average Bonchev–Trinajstić information content (AvgIpc) is 3.36. The lowest BCUT2D eigenvalue weighted by Gasteiger charge is -2.10. The zero-order valence-electron chi connectivity index (χ0n) is 15.0. The molecule has 0 fully saturated rings. The minimum Gasteiger partial charge on any atom is -0.452 e. The van der Waals surface area contributed by atoms with Crippen molar-refractivity contribution in [3.05, 3.63) is 77.3 Å². The maximum atomic E-state index is 12.2. The summed E-state index contributed by atoms with van der Waals surface area (Å²) in [6, 6.07) is 12.2. The Morgan fingerprint density at radius 3 is 2.86 bits per heavy atom. The number of ether oxygens (including phenoxy) is 1. The molecule has 0 radical (unpaired) electrons. The van der Waals surface area contributed by atoms with E-state index in [0.29, 0.717) is 23.0 Å². The van der Waals surface area contributed by atoms with Gasteiger partial charge < -0.3 is 10.1 Å². The predicted octanol–water partition coefficient (Wildman–Crippen LogP) is 2.42. The van der Waals surface area contributed by atoms with E-state index in [0.717, 1.165) is 5.56 Å². The van der Waals surface area contributed by atoms with Gasteiger partial charge in [-0.1, -0.05) is 29.8 Å². The highest BCUT2D eigenvalue weighted by molar-refractivity contribution is 6.31. The van der Waals surface area contributed by atoms with E-state index in [2.05, 4.69) is 20.6 Å². The summed E-state index contributed by atoms with van der Waals surface area (Å²) in [5.41, 5.74) is 1.75. The molecule has 10 heteroatoms. The highest BCUT2D eigenvalue weighted by atomic mass is 35.5. The highest BCUT2D eigenvalue weighted by Crippen LogP contribution is 2.18. The number of nitrogens with zero attached hydrogens (tertiary/aromatic N) is 5. The third-order valence-corrected chi connectivity index (χ3v) is 4.49. The second-order valence-electron chi connectivity index (χ2n) is 6.10. The molecular formula is C19H15ClN6O3. The third-order valence-electron chi connectivity index (χ3n) is 4.12. The van der Waals surface area contributed by atoms with Gasteiger partial charge in [0, 0.05) is 17.3 Å². The van der Waals surface area contributed by atoms with Gasteiger partial charge in [-0.15, -0.1) is 10.2 Å². The molecule has 4 rings (SSSR count). The molecule has 9 nitrogen and oxygen atoms in total. The Labute approximate surface area is 169 Å². The fourth-order valence-electron chi connectivity index (χ4n) is 2.69. The van der Waals surface area contributed by atoms with Gasteiger partial charge in [-0.2, -0.15) is 5.10 Å². The molecule has 1 N–H and O–H groups in total. The summed E-state index contributed by atoms with van der Waals surface area (Å²) in [4.78, 5) is 24.4. The van der Waals surface area contributed by atoms with Crippen molar-refractivity contribution >= 4 is 34.9 Å². The van der Waals surface area contributed by atoms with E-state index in [-0.39, 0.29) is 5.56 Å². The molecule has 0 spiro atoms. The number of benzene rings is 1. The van der Waals surface area contributed by atoms with Crippen LogP contribution in [0.1, 0.15) is 15.9 Å². The second-order valence-corrected chi connectivity index (χ2v) is 6.51. The number of rotatable bonds is 6. The molecule has 1 aromatic carbocycles. The molecule has 4 aromatic rings. The van der Waals surface area contributed by atoms with Crippen molar-refractivity contribution in [1.82, 2.24) is 24.4 Å². The van der Waals surface area contributed by atoms with Crippen molar-refractivity contribution < 1.29 is 14.3 Å². The largest absolute Gasteiger partial charge is 0.452 e.